The van der Waals surface area contributed by atoms with Gasteiger partial charge in [0.2, 0.25) is 0 Å². The van der Waals surface area contributed by atoms with Gasteiger partial charge in [0.15, 0.2) is 0 Å². The summed E-state index contributed by atoms with van der Waals surface area (Å²) in [5.74, 6) is 0. The second-order valence-corrected chi connectivity index (χ2v) is 3.01. The van der Waals surface area contributed by atoms with Crippen molar-refractivity contribution in [2.24, 2.45) is 11.5 Å². The Morgan fingerprint density at radius 2 is 0.909 bits per heavy atom. The summed E-state index contributed by atoms with van der Waals surface area (Å²) in [5, 5.41) is 0. The van der Waals surface area contributed by atoms with E-state index in [-0.39, 0.29) is 0 Å². The molecule has 0 unspecified atom stereocenters. The molecule has 0 aliphatic carbocycles. The van der Waals surface area contributed by atoms with Crippen LogP contribution in [0.3, 0.4) is 0 Å². The Morgan fingerprint density at radius 3 is 0.909 bits per heavy atom. The maximum atomic E-state index is 7.24. The maximum absolute atomic E-state index is 7.24. The molecule has 0 amide bonds. The standard InChI is InChI=1S/2C3H9N.2H2O.Pt/c2*1-3(2)4;;;/h2*3H,4H2,1-2H3;2*1H2;/q;;;;+2/p-2. The summed E-state index contributed by atoms with van der Waals surface area (Å²) < 4.78 is 14.5. The molecule has 0 radical (unpaired) electrons. The van der Waals surface area contributed by atoms with Crippen LogP contribution in [0.2, 0.25) is 0 Å². The van der Waals surface area contributed by atoms with Crippen LogP contribution in [0.5, 0.6) is 0 Å². The molecule has 0 bridgehead atoms. The van der Waals surface area contributed by atoms with Crippen molar-refractivity contribution in [3.05, 3.63) is 0 Å². The van der Waals surface area contributed by atoms with Gasteiger partial charge in [0, 0.05) is 0 Å². The van der Waals surface area contributed by atoms with Crippen LogP contribution in [-0.4, -0.2) is 19.6 Å². The molecule has 0 aromatic carbocycles. The van der Waals surface area contributed by atoms with Crippen molar-refractivity contribution in [1.82, 2.24) is 0 Å². The number of hydrogen-bond donors (Lipinski definition) is 4. The second kappa shape index (κ2) is 16.9. The van der Waals surface area contributed by atoms with E-state index in [1.807, 2.05) is 27.7 Å². The van der Waals surface area contributed by atoms with E-state index in [0.717, 1.165) is 0 Å². The first-order chi connectivity index (χ1) is 4.88. The first kappa shape index (κ1) is 17.6. The van der Waals surface area contributed by atoms with Gasteiger partial charge in [-0.05, 0) is 12.1 Å². The minimum absolute atomic E-state index is 0.333. The molecular formula is C6H20N2O2Pt. The Labute approximate surface area is 78.4 Å². The van der Waals surface area contributed by atoms with Gasteiger partial charge in [-0.25, -0.2) is 0 Å². The van der Waals surface area contributed by atoms with E-state index in [9.17, 15) is 0 Å². The van der Waals surface area contributed by atoms with E-state index in [1.54, 1.807) is 0 Å². The zero-order valence-corrected chi connectivity index (χ0v) is 9.79. The van der Waals surface area contributed by atoms with Crippen molar-refractivity contribution in [3.63, 3.8) is 0 Å². The molecule has 0 saturated carbocycles. The Balaban J connectivity index is -0.0000000886. The molecule has 0 atom stereocenters. The van der Waals surface area contributed by atoms with Crippen molar-refractivity contribution in [2.45, 2.75) is 39.8 Å². The molecule has 0 spiro atoms. The van der Waals surface area contributed by atoms with E-state index in [0.29, 0.717) is 12.1 Å². The Bertz CT molecular complexity index is 42.3. The summed E-state index contributed by atoms with van der Waals surface area (Å²) in [6.07, 6.45) is 0. The predicted molar refractivity (Wildman–Crippen MR) is 43.1 cm³/mol. The summed E-state index contributed by atoms with van der Waals surface area (Å²) in [6, 6.07) is 0.667. The summed E-state index contributed by atoms with van der Waals surface area (Å²) >= 11 is -1.42. The molecule has 0 rings (SSSR count). The van der Waals surface area contributed by atoms with E-state index < -0.39 is 19.3 Å². The van der Waals surface area contributed by atoms with Crippen LogP contribution in [0.4, 0.5) is 0 Å². The van der Waals surface area contributed by atoms with Crippen LogP contribution >= 0.6 is 0 Å². The fraction of sp³-hybridized carbons (Fsp3) is 1.00. The van der Waals surface area contributed by atoms with Gasteiger partial charge in [0.05, 0.1) is 0 Å². The van der Waals surface area contributed by atoms with Crippen LogP contribution in [0, 0.1) is 0 Å². The first-order valence-corrected chi connectivity index (χ1v) is 5.29. The zero-order valence-electron chi connectivity index (χ0n) is 7.52. The summed E-state index contributed by atoms with van der Waals surface area (Å²) in [4.78, 5) is 0. The van der Waals surface area contributed by atoms with Gasteiger partial charge in [-0.15, -0.1) is 0 Å². The van der Waals surface area contributed by atoms with Crippen molar-refractivity contribution in [2.75, 3.05) is 0 Å². The van der Waals surface area contributed by atoms with Crippen LogP contribution in [0.25, 0.3) is 0 Å². The summed E-state index contributed by atoms with van der Waals surface area (Å²) in [5.41, 5.74) is 10.2. The third kappa shape index (κ3) is 2740. The minimum atomic E-state index is -1.42. The zero-order chi connectivity index (χ0) is 9.86. The van der Waals surface area contributed by atoms with Gasteiger partial charge in [0.25, 0.3) is 0 Å². The molecule has 11 heavy (non-hydrogen) atoms. The molecule has 4 nitrogen and oxygen atoms in total. The second-order valence-electron chi connectivity index (χ2n) is 2.55. The molecule has 5 heteroatoms. The fourth-order valence-electron chi connectivity index (χ4n) is 0. The van der Waals surface area contributed by atoms with Gasteiger partial charge in [-0.1, -0.05) is 27.7 Å². The molecule has 0 aromatic rings. The number of nitrogens with two attached hydrogens (primary N) is 2. The van der Waals surface area contributed by atoms with Crippen LogP contribution in [-0.2, 0) is 19.3 Å². The monoisotopic (exact) mass is 347 g/mol. The number of rotatable bonds is 0. The predicted octanol–water partition coefficient (Wildman–Crippen LogP) is -0.409. The Morgan fingerprint density at radius 1 is 0.909 bits per heavy atom. The SMILES string of the molecule is CC(C)N.CC(C)N.[OH][Pt][OH]. The Hall–Kier alpha value is 0.528. The summed E-state index contributed by atoms with van der Waals surface area (Å²) in [7, 11) is 0. The van der Waals surface area contributed by atoms with E-state index >= 15 is 0 Å². The van der Waals surface area contributed by atoms with Crippen molar-refractivity contribution in [1.29, 1.82) is 0 Å². The normalized spacial score (nSPS) is 8.55. The van der Waals surface area contributed by atoms with E-state index in [4.69, 9.17) is 19.0 Å². The molecule has 0 heterocycles. The van der Waals surface area contributed by atoms with Crippen LogP contribution in [0.15, 0.2) is 0 Å². The fourth-order valence-corrected chi connectivity index (χ4v) is 0. The van der Waals surface area contributed by atoms with Gasteiger partial charge >= 0.3 is 26.8 Å². The average molecular weight is 347 g/mol. The van der Waals surface area contributed by atoms with Gasteiger partial charge in [0.1, 0.15) is 0 Å². The van der Waals surface area contributed by atoms with Crippen LogP contribution in [0.1, 0.15) is 27.7 Å². The van der Waals surface area contributed by atoms with E-state index in [2.05, 4.69) is 0 Å². The Kier molecular flexibility index (Phi) is 26.9. The third-order valence-corrected chi connectivity index (χ3v) is 0. The summed E-state index contributed by atoms with van der Waals surface area (Å²) in [6.45, 7) is 7.78. The molecule has 6 N–H and O–H groups in total. The molecule has 0 aliphatic rings. The molecule has 0 fully saturated rings. The van der Waals surface area contributed by atoms with E-state index in [1.165, 1.54) is 0 Å². The number of hydrogen-bond acceptors (Lipinski definition) is 4. The topological polar surface area (TPSA) is 92.5 Å². The van der Waals surface area contributed by atoms with Crippen molar-refractivity contribution in [3.8, 4) is 0 Å². The van der Waals surface area contributed by atoms with Gasteiger partial charge in [-0.2, -0.15) is 0 Å². The molecule has 0 saturated heterocycles. The average Bonchev–Trinajstić information content (AvgIpc) is 1.60. The van der Waals surface area contributed by atoms with Crippen molar-refractivity contribution < 1.29 is 26.8 Å². The van der Waals surface area contributed by atoms with Crippen LogP contribution < -0.4 is 11.5 Å². The van der Waals surface area contributed by atoms with Gasteiger partial charge < -0.3 is 11.5 Å². The molecule has 0 aliphatic heterocycles. The first-order valence-electron chi connectivity index (χ1n) is 3.26. The molecule has 0 aromatic heterocycles. The van der Waals surface area contributed by atoms with Gasteiger partial charge in [-0.3, -0.25) is 0 Å². The quantitative estimate of drug-likeness (QED) is 0.479. The molecular weight excluding hydrogens is 327 g/mol. The third-order valence-electron chi connectivity index (χ3n) is 0. The van der Waals surface area contributed by atoms with Crippen molar-refractivity contribution >= 4 is 0 Å². The molecule has 76 valence electrons.